The SMILES string of the molecule is O=C(NC1CCCCC1O)c1cn(-c2ccc(F)cc2)c(-c2ccc(Cl)cc2Cl)n1. The summed E-state index contributed by atoms with van der Waals surface area (Å²) in [6.07, 6.45) is 4.32. The maximum Gasteiger partial charge on any atom is 0.271 e. The van der Waals surface area contributed by atoms with Crippen molar-refractivity contribution >= 4 is 29.1 Å². The second-order valence-corrected chi connectivity index (χ2v) is 8.20. The van der Waals surface area contributed by atoms with Gasteiger partial charge in [-0.15, -0.1) is 0 Å². The summed E-state index contributed by atoms with van der Waals surface area (Å²) < 4.78 is 15.1. The molecule has 30 heavy (non-hydrogen) atoms. The summed E-state index contributed by atoms with van der Waals surface area (Å²) in [5.41, 5.74) is 1.39. The number of hydrogen-bond donors (Lipinski definition) is 2. The second kappa shape index (κ2) is 8.76. The number of hydrogen-bond acceptors (Lipinski definition) is 3. The van der Waals surface area contributed by atoms with Crippen LogP contribution in [0.5, 0.6) is 0 Å². The van der Waals surface area contributed by atoms with E-state index in [0.29, 0.717) is 33.5 Å². The minimum absolute atomic E-state index is 0.179. The van der Waals surface area contributed by atoms with E-state index in [9.17, 15) is 14.3 Å². The molecule has 3 aromatic rings. The number of nitrogens with one attached hydrogen (secondary N) is 1. The third-order valence-corrected chi connectivity index (χ3v) is 5.81. The Labute approximate surface area is 183 Å². The quantitative estimate of drug-likeness (QED) is 0.589. The topological polar surface area (TPSA) is 67.2 Å². The monoisotopic (exact) mass is 447 g/mol. The van der Waals surface area contributed by atoms with Gasteiger partial charge in [-0.05, 0) is 55.3 Å². The molecular weight excluding hydrogens is 428 g/mol. The summed E-state index contributed by atoms with van der Waals surface area (Å²) in [6.45, 7) is 0. The Hall–Kier alpha value is -2.41. The Bertz CT molecular complexity index is 1070. The molecule has 2 aromatic carbocycles. The number of rotatable bonds is 4. The van der Waals surface area contributed by atoms with E-state index in [1.54, 1.807) is 41.1 Å². The highest BCUT2D eigenvalue weighted by Crippen LogP contribution is 2.31. The minimum atomic E-state index is -0.563. The molecule has 2 unspecified atom stereocenters. The van der Waals surface area contributed by atoms with Crippen molar-refractivity contribution in [2.75, 3.05) is 0 Å². The van der Waals surface area contributed by atoms with Crippen LogP contribution < -0.4 is 5.32 Å². The Balaban J connectivity index is 1.73. The second-order valence-electron chi connectivity index (χ2n) is 7.35. The normalized spacial score (nSPS) is 18.9. The molecule has 5 nitrogen and oxygen atoms in total. The molecule has 1 aromatic heterocycles. The van der Waals surface area contributed by atoms with Crippen molar-refractivity contribution in [2.45, 2.75) is 37.8 Å². The smallest absolute Gasteiger partial charge is 0.271 e. The van der Waals surface area contributed by atoms with E-state index < -0.39 is 6.10 Å². The van der Waals surface area contributed by atoms with E-state index in [4.69, 9.17) is 23.2 Å². The molecule has 1 aliphatic carbocycles. The molecule has 0 spiro atoms. The number of aliphatic hydroxyl groups is 1. The van der Waals surface area contributed by atoms with Crippen molar-refractivity contribution in [2.24, 2.45) is 0 Å². The van der Waals surface area contributed by atoms with Crippen LogP contribution in [0.15, 0.2) is 48.7 Å². The molecule has 0 radical (unpaired) electrons. The number of carbonyl (C=O) groups excluding carboxylic acids is 1. The average molecular weight is 448 g/mol. The van der Waals surface area contributed by atoms with Crippen LogP contribution in [0.25, 0.3) is 17.1 Å². The molecule has 0 saturated heterocycles. The first kappa shape index (κ1) is 20.8. The highest BCUT2D eigenvalue weighted by Gasteiger charge is 2.26. The maximum absolute atomic E-state index is 13.4. The number of aliphatic hydroxyl groups excluding tert-OH is 1. The number of nitrogens with zero attached hydrogens (tertiary/aromatic N) is 2. The molecular formula is C22H20Cl2FN3O2. The molecule has 156 valence electrons. The number of benzene rings is 2. The summed E-state index contributed by atoms with van der Waals surface area (Å²) in [6, 6.07) is 10.6. The van der Waals surface area contributed by atoms with E-state index in [0.717, 1.165) is 19.3 Å². The summed E-state index contributed by atoms with van der Waals surface area (Å²) in [5.74, 6) is -0.319. The van der Waals surface area contributed by atoms with Gasteiger partial charge in [0, 0.05) is 22.5 Å². The largest absolute Gasteiger partial charge is 0.391 e. The highest BCUT2D eigenvalue weighted by atomic mass is 35.5. The lowest BCUT2D eigenvalue weighted by Crippen LogP contribution is -2.45. The van der Waals surface area contributed by atoms with Crippen LogP contribution >= 0.6 is 23.2 Å². The number of aromatic nitrogens is 2. The van der Waals surface area contributed by atoms with E-state index in [-0.39, 0.29) is 23.5 Å². The van der Waals surface area contributed by atoms with Crippen LogP contribution in [0.2, 0.25) is 10.0 Å². The Morgan fingerprint density at radius 1 is 1.13 bits per heavy atom. The minimum Gasteiger partial charge on any atom is -0.391 e. The van der Waals surface area contributed by atoms with Gasteiger partial charge in [0.25, 0.3) is 5.91 Å². The Morgan fingerprint density at radius 3 is 2.57 bits per heavy atom. The lowest BCUT2D eigenvalue weighted by atomic mass is 9.92. The van der Waals surface area contributed by atoms with Crippen molar-refractivity contribution in [1.82, 2.24) is 14.9 Å². The fraction of sp³-hybridized carbons (Fsp3) is 0.273. The molecule has 1 amide bonds. The molecule has 0 aliphatic heterocycles. The molecule has 2 N–H and O–H groups in total. The molecule has 4 rings (SSSR count). The van der Waals surface area contributed by atoms with Gasteiger partial charge >= 0.3 is 0 Å². The van der Waals surface area contributed by atoms with Crippen LogP contribution in [0.1, 0.15) is 36.2 Å². The summed E-state index contributed by atoms with van der Waals surface area (Å²) in [7, 11) is 0. The van der Waals surface area contributed by atoms with E-state index in [1.165, 1.54) is 12.1 Å². The summed E-state index contributed by atoms with van der Waals surface area (Å²) in [4.78, 5) is 17.4. The molecule has 1 fully saturated rings. The van der Waals surface area contributed by atoms with Crippen molar-refractivity contribution in [3.8, 4) is 17.1 Å². The van der Waals surface area contributed by atoms with Gasteiger partial charge in [0.1, 0.15) is 17.3 Å². The Kier molecular flexibility index (Phi) is 6.09. The third kappa shape index (κ3) is 4.36. The number of halogens is 3. The first-order valence-electron chi connectivity index (χ1n) is 9.72. The molecule has 2 atom stereocenters. The van der Waals surface area contributed by atoms with Gasteiger partial charge in [-0.1, -0.05) is 36.0 Å². The van der Waals surface area contributed by atoms with Gasteiger partial charge in [0.15, 0.2) is 0 Å². The number of imidazole rings is 1. The van der Waals surface area contributed by atoms with Crippen molar-refractivity contribution in [3.63, 3.8) is 0 Å². The summed E-state index contributed by atoms with van der Waals surface area (Å²) in [5, 5.41) is 13.9. The van der Waals surface area contributed by atoms with Crippen molar-refractivity contribution < 1.29 is 14.3 Å². The van der Waals surface area contributed by atoms with Crippen molar-refractivity contribution in [1.29, 1.82) is 0 Å². The average Bonchev–Trinajstić information content (AvgIpc) is 3.15. The molecule has 1 saturated carbocycles. The first-order valence-corrected chi connectivity index (χ1v) is 10.5. The van der Waals surface area contributed by atoms with Crippen LogP contribution in [0, 0.1) is 5.82 Å². The van der Waals surface area contributed by atoms with E-state index >= 15 is 0 Å². The lowest BCUT2D eigenvalue weighted by Gasteiger charge is -2.27. The number of amides is 1. The first-order chi connectivity index (χ1) is 14.4. The van der Waals surface area contributed by atoms with E-state index in [1.807, 2.05) is 0 Å². The van der Waals surface area contributed by atoms with Gasteiger partial charge in [0.05, 0.1) is 17.2 Å². The fourth-order valence-corrected chi connectivity index (χ4v) is 4.16. The molecule has 1 heterocycles. The van der Waals surface area contributed by atoms with Gasteiger partial charge < -0.3 is 10.4 Å². The molecule has 0 bridgehead atoms. The van der Waals surface area contributed by atoms with E-state index in [2.05, 4.69) is 10.3 Å². The van der Waals surface area contributed by atoms with Crippen LogP contribution in [-0.4, -0.2) is 32.7 Å². The zero-order chi connectivity index (χ0) is 21.3. The zero-order valence-corrected chi connectivity index (χ0v) is 17.5. The van der Waals surface area contributed by atoms with Crippen LogP contribution in [0.4, 0.5) is 4.39 Å². The predicted octanol–water partition coefficient (Wildman–Crippen LogP) is 5.02. The zero-order valence-electron chi connectivity index (χ0n) is 16.0. The van der Waals surface area contributed by atoms with Gasteiger partial charge in [0.2, 0.25) is 0 Å². The maximum atomic E-state index is 13.4. The number of carbonyl (C=O) groups is 1. The van der Waals surface area contributed by atoms with Crippen molar-refractivity contribution in [3.05, 3.63) is 70.2 Å². The molecule has 1 aliphatic rings. The van der Waals surface area contributed by atoms with Crippen LogP contribution in [-0.2, 0) is 0 Å². The van der Waals surface area contributed by atoms with Gasteiger partial charge in [-0.25, -0.2) is 9.37 Å². The fourth-order valence-electron chi connectivity index (χ4n) is 3.67. The summed E-state index contributed by atoms with van der Waals surface area (Å²) >= 11 is 12.4. The molecule has 8 heteroatoms. The highest BCUT2D eigenvalue weighted by molar-refractivity contribution is 6.36. The lowest BCUT2D eigenvalue weighted by molar-refractivity contribution is 0.0714. The van der Waals surface area contributed by atoms with Crippen LogP contribution in [0.3, 0.4) is 0 Å². The van der Waals surface area contributed by atoms with Gasteiger partial charge in [-0.2, -0.15) is 0 Å². The predicted molar refractivity (Wildman–Crippen MR) is 115 cm³/mol. The van der Waals surface area contributed by atoms with Gasteiger partial charge in [-0.3, -0.25) is 9.36 Å². The third-order valence-electron chi connectivity index (χ3n) is 5.26. The Morgan fingerprint density at radius 2 is 1.87 bits per heavy atom. The standard InChI is InChI=1S/C22H20Cl2FN3O2/c23-13-5-10-16(17(24)11-13)21-26-19(12-28(21)15-8-6-14(25)7-9-15)22(30)27-18-3-1-2-4-20(18)29/h5-12,18,20,29H,1-4H2,(H,27,30).